The third kappa shape index (κ3) is 2.58. The maximum atomic E-state index is 12.3. The first-order valence-electron chi connectivity index (χ1n) is 7.12. The Morgan fingerprint density at radius 1 is 1.50 bits per heavy atom. The molecule has 2 saturated heterocycles. The topological polar surface area (TPSA) is 107 Å². The molecule has 0 unspecified atom stereocenters. The van der Waals surface area contributed by atoms with Gasteiger partial charge in [0.15, 0.2) is 0 Å². The molecule has 3 fully saturated rings. The number of rotatable bonds is 4. The zero-order valence-electron chi connectivity index (χ0n) is 12.2. The Morgan fingerprint density at radius 2 is 2.18 bits per heavy atom. The summed E-state index contributed by atoms with van der Waals surface area (Å²) in [7, 11) is -3.86. The van der Waals surface area contributed by atoms with E-state index in [1.807, 2.05) is 13.0 Å². The molecule has 2 amide bonds. The fraction of sp³-hybridized carbons (Fsp3) is 0.769. The number of sulfonamides is 1. The summed E-state index contributed by atoms with van der Waals surface area (Å²) in [5, 5.41) is 8.97. The van der Waals surface area contributed by atoms with Crippen LogP contribution >= 0.6 is 11.8 Å². The molecular weight excluding hydrogens is 326 g/mol. The summed E-state index contributed by atoms with van der Waals surface area (Å²) in [4.78, 5) is 25.4. The van der Waals surface area contributed by atoms with Crippen LogP contribution in [0.1, 0.15) is 32.6 Å². The van der Waals surface area contributed by atoms with Crippen LogP contribution in [0.25, 0.3) is 0 Å². The van der Waals surface area contributed by atoms with Crippen LogP contribution in [-0.4, -0.2) is 47.6 Å². The second kappa shape index (κ2) is 4.86. The Kier molecular flexibility index (Phi) is 3.45. The van der Waals surface area contributed by atoms with Crippen LogP contribution in [-0.2, 0) is 19.6 Å². The van der Waals surface area contributed by atoms with E-state index in [9.17, 15) is 18.0 Å². The largest absolute Gasteiger partial charge is 0.315 e. The number of amides is 2. The van der Waals surface area contributed by atoms with Gasteiger partial charge in [-0.2, -0.15) is 5.26 Å². The van der Waals surface area contributed by atoms with Gasteiger partial charge < -0.3 is 4.90 Å². The molecule has 0 radical (unpaired) electrons. The molecule has 2 atom stereocenters. The van der Waals surface area contributed by atoms with Crippen LogP contribution in [0.15, 0.2) is 0 Å². The Hall–Kier alpha value is -1.27. The van der Waals surface area contributed by atoms with Crippen molar-refractivity contribution in [1.82, 2.24) is 9.62 Å². The molecule has 7 nitrogen and oxygen atoms in total. The third-order valence-corrected chi connectivity index (χ3v) is 7.51. The highest BCUT2D eigenvalue weighted by atomic mass is 32.2. The van der Waals surface area contributed by atoms with Gasteiger partial charge in [-0.15, -0.1) is 11.8 Å². The monoisotopic (exact) mass is 343 g/mol. The molecule has 1 aliphatic carbocycles. The molecule has 1 saturated carbocycles. The fourth-order valence-corrected chi connectivity index (χ4v) is 6.10. The van der Waals surface area contributed by atoms with Gasteiger partial charge in [-0.1, -0.05) is 0 Å². The van der Waals surface area contributed by atoms with Gasteiger partial charge in [-0.05, 0) is 26.2 Å². The number of carbonyl (C=O) groups is 2. The van der Waals surface area contributed by atoms with Crippen molar-refractivity contribution in [2.75, 3.05) is 11.5 Å². The lowest BCUT2D eigenvalue weighted by atomic mass is 10.2. The summed E-state index contributed by atoms with van der Waals surface area (Å²) in [6.45, 7) is 1.90. The summed E-state index contributed by atoms with van der Waals surface area (Å²) >= 11 is 1.51. The minimum absolute atomic E-state index is 0.110. The Labute approximate surface area is 133 Å². The van der Waals surface area contributed by atoms with Gasteiger partial charge in [0, 0.05) is 12.2 Å². The van der Waals surface area contributed by atoms with Crippen LogP contribution in [0.4, 0.5) is 0 Å². The van der Waals surface area contributed by atoms with Crippen LogP contribution in [0.5, 0.6) is 0 Å². The molecule has 22 heavy (non-hydrogen) atoms. The number of nitrogens with zero attached hydrogens (tertiary/aromatic N) is 2. The smallest absolute Gasteiger partial charge is 0.257 e. The van der Waals surface area contributed by atoms with Gasteiger partial charge in [-0.3, -0.25) is 14.3 Å². The summed E-state index contributed by atoms with van der Waals surface area (Å²) < 4.78 is 26.2. The average molecular weight is 343 g/mol. The second-order valence-electron chi connectivity index (χ2n) is 6.38. The zero-order chi connectivity index (χ0) is 16.2. The van der Waals surface area contributed by atoms with E-state index in [2.05, 4.69) is 4.72 Å². The van der Waals surface area contributed by atoms with Crippen molar-refractivity contribution in [2.24, 2.45) is 5.41 Å². The molecule has 3 rings (SSSR count). The predicted octanol–water partition coefficient (Wildman–Crippen LogP) is 0.190. The van der Waals surface area contributed by atoms with Gasteiger partial charge in [-0.25, -0.2) is 8.42 Å². The normalized spacial score (nSPS) is 32.5. The molecule has 120 valence electrons. The van der Waals surface area contributed by atoms with E-state index in [0.29, 0.717) is 31.4 Å². The van der Waals surface area contributed by atoms with E-state index >= 15 is 0 Å². The molecule has 0 aromatic heterocycles. The minimum atomic E-state index is -3.86. The van der Waals surface area contributed by atoms with Crippen molar-refractivity contribution in [3.8, 4) is 6.07 Å². The van der Waals surface area contributed by atoms with Gasteiger partial charge in [0.05, 0.1) is 22.1 Å². The van der Waals surface area contributed by atoms with Gasteiger partial charge in [0.1, 0.15) is 6.04 Å². The molecule has 0 aromatic carbocycles. The van der Waals surface area contributed by atoms with Crippen molar-refractivity contribution in [3.63, 3.8) is 0 Å². The SMILES string of the molecule is C[C@@]12CCC(=O)N1[C@@H](C(=O)NS(=O)(=O)CC1(C#N)CC1)CS2. The number of fused-ring (bicyclic) bond motifs is 1. The lowest BCUT2D eigenvalue weighted by Gasteiger charge is -2.29. The first-order chi connectivity index (χ1) is 10.2. The number of hydrogen-bond acceptors (Lipinski definition) is 6. The molecule has 0 aromatic rings. The summed E-state index contributed by atoms with van der Waals surface area (Å²) in [5.41, 5.74) is -0.839. The number of nitriles is 1. The molecule has 0 bridgehead atoms. The second-order valence-corrected chi connectivity index (χ2v) is 9.61. The summed E-state index contributed by atoms with van der Waals surface area (Å²) in [6.07, 6.45) is 2.14. The van der Waals surface area contributed by atoms with Crippen LogP contribution < -0.4 is 4.72 Å². The van der Waals surface area contributed by atoms with E-state index in [0.717, 1.165) is 0 Å². The predicted molar refractivity (Wildman–Crippen MR) is 79.9 cm³/mol. The first kappa shape index (κ1) is 15.6. The lowest BCUT2D eigenvalue weighted by molar-refractivity contribution is -0.137. The van der Waals surface area contributed by atoms with E-state index in [1.54, 1.807) is 0 Å². The van der Waals surface area contributed by atoms with Crippen molar-refractivity contribution in [2.45, 2.75) is 43.5 Å². The average Bonchev–Trinajstić information content (AvgIpc) is 3.00. The standard InChI is InChI=1S/C13H17N3O4S2/c1-12-3-2-10(17)16(12)9(6-21-12)11(18)15-22(19,20)8-13(7-14)4-5-13/h9H,2-6,8H2,1H3,(H,15,18)/t9-,12-/m1/s1. The highest BCUT2D eigenvalue weighted by molar-refractivity contribution is 8.01. The van der Waals surface area contributed by atoms with Crippen molar-refractivity contribution >= 4 is 33.6 Å². The van der Waals surface area contributed by atoms with Crippen molar-refractivity contribution in [1.29, 1.82) is 5.26 Å². The number of hydrogen-bond donors (Lipinski definition) is 1. The van der Waals surface area contributed by atoms with Crippen LogP contribution in [0, 0.1) is 16.7 Å². The summed E-state index contributed by atoms with van der Waals surface area (Å²) in [5.74, 6) is -0.735. The van der Waals surface area contributed by atoms with E-state index < -0.39 is 32.3 Å². The molecule has 1 N–H and O–H groups in total. The van der Waals surface area contributed by atoms with Crippen LogP contribution in [0.2, 0.25) is 0 Å². The van der Waals surface area contributed by atoms with Crippen LogP contribution in [0.3, 0.4) is 0 Å². The fourth-order valence-electron chi connectivity index (χ4n) is 3.08. The van der Waals surface area contributed by atoms with Gasteiger partial charge in [0.2, 0.25) is 15.9 Å². The van der Waals surface area contributed by atoms with Crippen molar-refractivity contribution < 1.29 is 18.0 Å². The van der Waals surface area contributed by atoms with E-state index in [1.165, 1.54) is 16.7 Å². The van der Waals surface area contributed by atoms with E-state index in [-0.39, 0.29) is 11.7 Å². The molecule has 9 heteroatoms. The highest BCUT2D eigenvalue weighted by Crippen LogP contribution is 2.48. The molecule has 2 heterocycles. The highest BCUT2D eigenvalue weighted by Gasteiger charge is 2.54. The Morgan fingerprint density at radius 3 is 2.77 bits per heavy atom. The summed E-state index contributed by atoms with van der Waals surface area (Å²) in [6, 6.07) is 1.25. The van der Waals surface area contributed by atoms with Crippen molar-refractivity contribution in [3.05, 3.63) is 0 Å². The molecule has 0 spiro atoms. The number of nitrogens with one attached hydrogen (secondary N) is 1. The Balaban J connectivity index is 1.70. The quantitative estimate of drug-likeness (QED) is 0.781. The maximum Gasteiger partial charge on any atom is 0.257 e. The van der Waals surface area contributed by atoms with E-state index in [4.69, 9.17) is 5.26 Å². The zero-order valence-corrected chi connectivity index (χ0v) is 13.8. The lowest BCUT2D eigenvalue weighted by Crippen LogP contribution is -2.51. The maximum absolute atomic E-state index is 12.3. The minimum Gasteiger partial charge on any atom is -0.315 e. The molecule has 2 aliphatic heterocycles. The van der Waals surface area contributed by atoms with Gasteiger partial charge >= 0.3 is 0 Å². The number of carbonyl (C=O) groups excluding carboxylic acids is 2. The molecule has 3 aliphatic rings. The first-order valence-corrected chi connectivity index (χ1v) is 9.76. The Bertz CT molecular complexity index is 680. The third-order valence-electron chi connectivity index (χ3n) is 4.56. The van der Waals surface area contributed by atoms with Gasteiger partial charge in [0.25, 0.3) is 5.91 Å². The number of thioether (sulfide) groups is 1. The molecular formula is C13H17N3O4S2.